The van der Waals surface area contributed by atoms with Crippen LogP contribution in [0.5, 0.6) is 5.88 Å². The Hall–Kier alpha value is -1.36. The minimum absolute atomic E-state index is 0.546. The molecule has 84 valence electrons. The van der Waals surface area contributed by atoms with Gasteiger partial charge in [-0.05, 0) is 6.92 Å². The van der Waals surface area contributed by atoms with Crippen LogP contribution in [0.15, 0.2) is 12.4 Å². The summed E-state index contributed by atoms with van der Waals surface area (Å²) in [4.78, 5) is 8.24. The van der Waals surface area contributed by atoms with Gasteiger partial charge in [-0.3, -0.25) is 4.98 Å². The van der Waals surface area contributed by atoms with Crippen molar-refractivity contribution in [2.75, 3.05) is 32.2 Å². The summed E-state index contributed by atoms with van der Waals surface area (Å²) >= 11 is 0. The molecule has 0 fully saturated rings. The third-order valence-electron chi connectivity index (χ3n) is 1.71. The molecule has 0 aliphatic heterocycles. The standard InChI is InChI=1S/C10H17N3O2/c1-3-12-9-7-11-8-10(13-9)15-6-4-5-14-2/h7-8H,3-6H2,1-2H3,(H,12,13). The Bertz CT molecular complexity index is 281. The minimum atomic E-state index is 0.546. The average Bonchev–Trinajstić information content (AvgIpc) is 2.26. The van der Waals surface area contributed by atoms with Gasteiger partial charge in [0, 0.05) is 26.7 Å². The van der Waals surface area contributed by atoms with Crippen molar-refractivity contribution in [3.05, 3.63) is 12.4 Å². The molecule has 0 bridgehead atoms. The van der Waals surface area contributed by atoms with E-state index in [-0.39, 0.29) is 0 Å². The van der Waals surface area contributed by atoms with Gasteiger partial charge in [0.15, 0.2) is 0 Å². The Morgan fingerprint density at radius 3 is 2.93 bits per heavy atom. The molecule has 1 heterocycles. The summed E-state index contributed by atoms with van der Waals surface area (Å²) in [5, 5.41) is 3.07. The molecule has 0 unspecified atom stereocenters. The molecule has 15 heavy (non-hydrogen) atoms. The molecule has 0 amide bonds. The smallest absolute Gasteiger partial charge is 0.234 e. The lowest BCUT2D eigenvalue weighted by atomic mass is 10.5. The largest absolute Gasteiger partial charge is 0.476 e. The fraction of sp³-hybridized carbons (Fsp3) is 0.600. The van der Waals surface area contributed by atoms with E-state index >= 15 is 0 Å². The summed E-state index contributed by atoms with van der Waals surface area (Å²) < 4.78 is 10.3. The van der Waals surface area contributed by atoms with Gasteiger partial charge < -0.3 is 14.8 Å². The first kappa shape index (κ1) is 11.7. The van der Waals surface area contributed by atoms with Crippen molar-refractivity contribution in [2.24, 2.45) is 0 Å². The first-order valence-electron chi connectivity index (χ1n) is 5.04. The van der Waals surface area contributed by atoms with Crippen molar-refractivity contribution >= 4 is 5.82 Å². The van der Waals surface area contributed by atoms with Crippen molar-refractivity contribution in [1.82, 2.24) is 9.97 Å². The summed E-state index contributed by atoms with van der Waals surface area (Å²) in [6.07, 6.45) is 4.13. The Labute approximate surface area is 89.8 Å². The molecule has 0 saturated carbocycles. The Kier molecular flexibility index (Phi) is 5.47. The molecule has 0 aromatic carbocycles. The Morgan fingerprint density at radius 2 is 2.20 bits per heavy atom. The predicted octanol–water partition coefficient (Wildman–Crippen LogP) is 1.32. The van der Waals surface area contributed by atoms with Crippen LogP contribution in [0.3, 0.4) is 0 Å². The fourth-order valence-corrected chi connectivity index (χ4v) is 1.06. The number of hydrogen-bond donors (Lipinski definition) is 1. The first-order chi connectivity index (χ1) is 7.36. The van der Waals surface area contributed by atoms with Crippen LogP contribution in [0, 0.1) is 0 Å². The van der Waals surface area contributed by atoms with Crippen molar-refractivity contribution in [1.29, 1.82) is 0 Å². The zero-order chi connectivity index (χ0) is 10.9. The topological polar surface area (TPSA) is 56.3 Å². The van der Waals surface area contributed by atoms with Crippen LogP contribution in [0.25, 0.3) is 0 Å². The molecular formula is C10H17N3O2. The van der Waals surface area contributed by atoms with E-state index in [0.29, 0.717) is 19.1 Å². The van der Waals surface area contributed by atoms with Gasteiger partial charge in [0.05, 0.1) is 19.0 Å². The van der Waals surface area contributed by atoms with Crippen LogP contribution in [0.1, 0.15) is 13.3 Å². The molecule has 5 nitrogen and oxygen atoms in total. The number of hydrogen-bond acceptors (Lipinski definition) is 5. The highest BCUT2D eigenvalue weighted by Gasteiger charge is 1.98. The van der Waals surface area contributed by atoms with E-state index in [1.54, 1.807) is 19.5 Å². The van der Waals surface area contributed by atoms with E-state index in [4.69, 9.17) is 9.47 Å². The van der Waals surface area contributed by atoms with Crippen LogP contribution < -0.4 is 10.1 Å². The summed E-state index contributed by atoms with van der Waals surface area (Å²) in [6, 6.07) is 0. The molecular weight excluding hydrogens is 194 g/mol. The van der Waals surface area contributed by atoms with Crippen LogP contribution in [-0.4, -0.2) is 36.8 Å². The third-order valence-corrected chi connectivity index (χ3v) is 1.71. The quantitative estimate of drug-likeness (QED) is 0.689. The second-order valence-electron chi connectivity index (χ2n) is 2.97. The predicted molar refractivity (Wildman–Crippen MR) is 58.2 cm³/mol. The number of nitrogens with one attached hydrogen (secondary N) is 1. The first-order valence-corrected chi connectivity index (χ1v) is 5.04. The highest BCUT2D eigenvalue weighted by Crippen LogP contribution is 2.08. The van der Waals surface area contributed by atoms with Crippen molar-refractivity contribution in [3.8, 4) is 5.88 Å². The monoisotopic (exact) mass is 211 g/mol. The zero-order valence-electron chi connectivity index (χ0n) is 9.19. The number of methoxy groups -OCH3 is 1. The molecule has 0 saturated heterocycles. The molecule has 1 rings (SSSR count). The lowest BCUT2D eigenvalue weighted by Crippen LogP contribution is -2.05. The highest BCUT2D eigenvalue weighted by molar-refractivity contribution is 5.32. The maximum Gasteiger partial charge on any atom is 0.234 e. The number of nitrogens with zero attached hydrogens (tertiary/aromatic N) is 2. The molecule has 0 atom stereocenters. The molecule has 1 aromatic heterocycles. The molecule has 0 spiro atoms. The fourth-order valence-electron chi connectivity index (χ4n) is 1.06. The van der Waals surface area contributed by atoms with E-state index < -0.39 is 0 Å². The molecule has 1 aromatic rings. The van der Waals surface area contributed by atoms with Gasteiger partial charge >= 0.3 is 0 Å². The maximum absolute atomic E-state index is 5.40. The lowest BCUT2D eigenvalue weighted by Gasteiger charge is -2.06. The second-order valence-corrected chi connectivity index (χ2v) is 2.97. The summed E-state index contributed by atoms with van der Waals surface area (Å²) in [6.45, 7) is 4.12. The van der Waals surface area contributed by atoms with Gasteiger partial charge in [0.25, 0.3) is 0 Å². The number of ether oxygens (including phenoxy) is 2. The SMILES string of the molecule is CCNc1cncc(OCCCOC)n1. The molecule has 0 radical (unpaired) electrons. The van der Waals surface area contributed by atoms with Gasteiger partial charge in [-0.25, -0.2) is 0 Å². The van der Waals surface area contributed by atoms with Crippen LogP contribution >= 0.6 is 0 Å². The summed E-state index contributed by atoms with van der Waals surface area (Å²) in [5.74, 6) is 1.28. The second kappa shape index (κ2) is 7.00. The van der Waals surface area contributed by atoms with Crippen molar-refractivity contribution in [3.63, 3.8) is 0 Å². The maximum atomic E-state index is 5.40. The van der Waals surface area contributed by atoms with Crippen molar-refractivity contribution < 1.29 is 9.47 Å². The van der Waals surface area contributed by atoms with E-state index in [1.807, 2.05) is 6.92 Å². The summed E-state index contributed by atoms with van der Waals surface area (Å²) in [5.41, 5.74) is 0. The van der Waals surface area contributed by atoms with E-state index in [0.717, 1.165) is 18.8 Å². The summed E-state index contributed by atoms with van der Waals surface area (Å²) in [7, 11) is 1.67. The molecule has 5 heteroatoms. The molecule has 0 aliphatic rings. The van der Waals surface area contributed by atoms with Crippen LogP contribution in [0.2, 0.25) is 0 Å². The van der Waals surface area contributed by atoms with E-state index in [2.05, 4.69) is 15.3 Å². The van der Waals surface area contributed by atoms with Gasteiger partial charge in [-0.15, -0.1) is 0 Å². The van der Waals surface area contributed by atoms with Crippen LogP contribution in [0.4, 0.5) is 5.82 Å². The van der Waals surface area contributed by atoms with Crippen LogP contribution in [-0.2, 0) is 4.74 Å². The Balaban J connectivity index is 2.36. The molecule has 1 N–H and O–H groups in total. The zero-order valence-corrected chi connectivity index (χ0v) is 9.19. The minimum Gasteiger partial charge on any atom is -0.476 e. The number of aromatic nitrogens is 2. The number of anilines is 1. The van der Waals surface area contributed by atoms with Crippen molar-refractivity contribution in [2.45, 2.75) is 13.3 Å². The normalized spacial score (nSPS) is 10.0. The van der Waals surface area contributed by atoms with Gasteiger partial charge in [-0.1, -0.05) is 0 Å². The highest BCUT2D eigenvalue weighted by atomic mass is 16.5. The molecule has 0 aliphatic carbocycles. The number of rotatable bonds is 7. The van der Waals surface area contributed by atoms with Gasteiger partial charge in [0.1, 0.15) is 5.82 Å². The van der Waals surface area contributed by atoms with E-state index in [9.17, 15) is 0 Å². The van der Waals surface area contributed by atoms with E-state index in [1.165, 1.54) is 0 Å². The Morgan fingerprint density at radius 1 is 1.33 bits per heavy atom. The third kappa shape index (κ3) is 4.60. The van der Waals surface area contributed by atoms with Gasteiger partial charge in [0.2, 0.25) is 5.88 Å². The van der Waals surface area contributed by atoms with Gasteiger partial charge in [-0.2, -0.15) is 4.98 Å². The average molecular weight is 211 g/mol. The lowest BCUT2D eigenvalue weighted by molar-refractivity contribution is 0.170.